The van der Waals surface area contributed by atoms with E-state index in [0.29, 0.717) is 6.42 Å². The lowest BCUT2D eigenvalue weighted by Gasteiger charge is -2.07. The van der Waals surface area contributed by atoms with Gasteiger partial charge in [0.15, 0.2) is 0 Å². The lowest BCUT2D eigenvalue weighted by atomic mass is 9.99. The summed E-state index contributed by atoms with van der Waals surface area (Å²) in [5.74, 6) is -0.618. The van der Waals surface area contributed by atoms with Crippen LogP contribution < -0.4 is 0 Å². The third-order valence-electron chi connectivity index (χ3n) is 8.61. The summed E-state index contributed by atoms with van der Waals surface area (Å²) >= 11 is 0. The van der Waals surface area contributed by atoms with Crippen LogP contribution in [0.5, 0.6) is 0 Å². The Bertz CT molecular complexity index is 1490. The van der Waals surface area contributed by atoms with Crippen molar-refractivity contribution in [3.8, 4) is 0 Å². The van der Waals surface area contributed by atoms with Crippen LogP contribution in [0.1, 0.15) is 98.4 Å². The number of carbonyl (C=O) groups is 2. The van der Waals surface area contributed by atoms with Gasteiger partial charge in [-0.05, 0) is 96.2 Å². The number of carbonyl (C=O) groups excluding carboxylic acids is 2. The third-order valence-corrected chi connectivity index (χ3v) is 8.61. The molecule has 0 atom stereocenters. The molecule has 2 aliphatic rings. The highest BCUT2D eigenvalue weighted by molar-refractivity contribution is 5.89. The molecular formula is C35H44N4O4. The Morgan fingerprint density at radius 1 is 0.698 bits per heavy atom. The monoisotopic (exact) mass is 584 g/mol. The highest BCUT2D eigenvalue weighted by atomic mass is 16.5. The zero-order valence-electron chi connectivity index (χ0n) is 26.8. The van der Waals surface area contributed by atoms with Gasteiger partial charge in [0.05, 0.1) is 38.5 Å². The standard InChI is InChI=1S/C35H44N4O4/c1-9-22-18-36-30(24(22)11-3)15-28-20(5)26(13-34(40)42-7)32(38-28)17-33-27(14-35(41)43-8)21(6)29(39-33)16-31-25(12-4)23(10-2)19-37-31/h15-16,18-19,38-39H,9-14,17H2,1-8H3/b30-15-,31-16-. The van der Waals surface area contributed by atoms with Crippen LogP contribution in [-0.4, -0.2) is 48.6 Å². The summed E-state index contributed by atoms with van der Waals surface area (Å²) in [5.41, 5.74) is 14.2. The number of allylic oxidation sites excluding steroid dienone is 4. The summed E-state index contributed by atoms with van der Waals surface area (Å²) in [7, 11) is 2.81. The Hall–Kier alpha value is -4.20. The first-order valence-electron chi connectivity index (χ1n) is 15.2. The first-order chi connectivity index (χ1) is 20.7. The Balaban J connectivity index is 1.81. The first-order valence-corrected chi connectivity index (χ1v) is 15.2. The number of aromatic nitrogens is 2. The van der Waals surface area contributed by atoms with Gasteiger partial charge in [-0.25, -0.2) is 0 Å². The summed E-state index contributed by atoms with van der Waals surface area (Å²) in [6, 6.07) is 0. The molecule has 0 saturated heterocycles. The second-order valence-corrected chi connectivity index (χ2v) is 10.9. The van der Waals surface area contributed by atoms with E-state index in [1.165, 1.54) is 36.5 Å². The quantitative estimate of drug-likeness (QED) is 0.260. The second kappa shape index (κ2) is 13.8. The first kappa shape index (κ1) is 31.7. The van der Waals surface area contributed by atoms with E-state index in [1.54, 1.807) is 0 Å². The van der Waals surface area contributed by atoms with Crippen molar-refractivity contribution in [1.29, 1.82) is 0 Å². The minimum absolute atomic E-state index is 0.138. The predicted molar refractivity (Wildman–Crippen MR) is 173 cm³/mol. The van der Waals surface area contributed by atoms with E-state index in [1.807, 2.05) is 26.3 Å². The van der Waals surface area contributed by atoms with Gasteiger partial charge in [0.2, 0.25) is 0 Å². The number of aliphatic imine (C=N–C) groups is 2. The van der Waals surface area contributed by atoms with E-state index < -0.39 is 0 Å². The molecule has 0 amide bonds. The maximum Gasteiger partial charge on any atom is 0.310 e. The van der Waals surface area contributed by atoms with Crippen molar-refractivity contribution in [3.63, 3.8) is 0 Å². The summed E-state index contributed by atoms with van der Waals surface area (Å²) in [5, 5.41) is 0. The van der Waals surface area contributed by atoms with Gasteiger partial charge in [-0.1, -0.05) is 27.7 Å². The molecule has 2 aromatic rings. The Morgan fingerprint density at radius 3 is 1.42 bits per heavy atom. The average Bonchev–Trinajstić information content (AvgIpc) is 3.75. The molecule has 0 unspecified atom stereocenters. The van der Waals surface area contributed by atoms with Crippen LogP contribution in [0.4, 0.5) is 0 Å². The van der Waals surface area contributed by atoms with Gasteiger partial charge in [0.1, 0.15) is 0 Å². The largest absolute Gasteiger partial charge is 0.469 e. The van der Waals surface area contributed by atoms with Gasteiger partial charge < -0.3 is 19.4 Å². The van der Waals surface area contributed by atoms with Crippen molar-refractivity contribution in [2.24, 2.45) is 9.98 Å². The molecule has 0 spiro atoms. The molecule has 4 heterocycles. The van der Waals surface area contributed by atoms with Crippen molar-refractivity contribution in [3.05, 3.63) is 78.7 Å². The van der Waals surface area contributed by atoms with Crippen molar-refractivity contribution in [2.45, 2.75) is 86.5 Å². The van der Waals surface area contributed by atoms with Crippen LogP contribution >= 0.6 is 0 Å². The maximum atomic E-state index is 12.5. The second-order valence-electron chi connectivity index (χ2n) is 10.9. The molecule has 8 heteroatoms. The van der Waals surface area contributed by atoms with Crippen LogP contribution in [0.2, 0.25) is 0 Å². The highest BCUT2D eigenvalue weighted by Crippen LogP contribution is 2.33. The summed E-state index contributed by atoms with van der Waals surface area (Å²) in [4.78, 5) is 41.6. The predicted octanol–water partition coefficient (Wildman–Crippen LogP) is 7.07. The zero-order chi connectivity index (χ0) is 31.3. The third kappa shape index (κ3) is 6.58. The SMILES string of the molecule is CCC1=C(CC)/C(=C/c2[nH]c(Cc3[nH]c(/C=C4\N=CC(CC)=C4CC)c(C)c3CC(=O)OC)c(CC(=O)OC)c2C)N=C1. The van der Waals surface area contributed by atoms with E-state index >= 15 is 0 Å². The number of nitrogens with zero attached hydrogens (tertiary/aromatic N) is 2. The molecule has 0 aromatic carbocycles. The van der Waals surface area contributed by atoms with Gasteiger partial charge in [-0.3, -0.25) is 19.6 Å². The molecule has 0 radical (unpaired) electrons. The number of methoxy groups -OCH3 is 2. The lowest BCUT2D eigenvalue weighted by molar-refractivity contribution is -0.140. The fourth-order valence-electron chi connectivity index (χ4n) is 6.00. The number of ether oxygens (including phenoxy) is 2. The number of nitrogens with one attached hydrogen (secondary N) is 2. The highest BCUT2D eigenvalue weighted by Gasteiger charge is 2.23. The number of aromatic amines is 2. The van der Waals surface area contributed by atoms with Crippen LogP contribution in [0.15, 0.2) is 43.7 Å². The molecule has 2 aliphatic heterocycles. The minimum atomic E-state index is -0.309. The number of hydrogen-bond donors (Lipinski definition) is 2. The number of esters is 2. The molecule has 228 valence electrons. The fourth-order valence-corrected chi connectivity index (χ4v) is 6.00. The van der Waals surface area contributed by atoms with Crippen molar-refractivity contribution in [2.75, 3.05) is 14.2 Å². The van der Waals surface area contributed by atoms with E-state index in [2.05, 4.69) is 49.8 Å². The molecule has 2 aromatic heterocycles. The van der Waals surface area contributed by atoms with Crippen LogP contribution in [0.25, 0.3) is 12.2 Å². The molecule has 0 saturated carbocycles. The normalized spacial score (nSPS) is 16.5. The summed E-state index contributed by atoms with van der Waals surface area (Å²) in [6.07, 6.45) is 12.4. The van der Waals surface area contributed by atoms with Gasteiger partial charge in [-0.2, -0.15) is 0 Å². The number of hydrogen-bond acceptors (Lipinski definition) is 6. The van der Waals surface area contributed by atoms with Gasteiger partial charge >= 0.3 is 11.9 Å². The molecule has 0 bridgehead atoms. The summed E-state index contributed by atoms with van der Waals surface area (Å²) < 4.78 is 10.1. The minimum Gasteiger partial charge on any atom is -0.469 e. The van der Waals surface area contributed by atoms with E-state index in [0.717, 1.165) is 82.1 Å². The summed E-state index contributed by atoms with van der Waals surface area (Å²) in [6.45, 7) is 12.6. The van der Waals surface area contributed by atoms with Crippen molar-refractivity contribution in [1.82, 2.24) is 9.97 Å². The van der Waals surface area contributed by atoms with Crippen LogP contribution in [-0.2, 0) is 38.3 Å². The van der Waals surface area contributed by atoms with Gasteiger partial charge in [0, 0.05) is 41.6 Å². The van der Waals surface area contributed by atoms with E-state index in [-0.39, 0.29) is 24.8 Å². The average molecular weight is 585 g/mol. The van der Waals surface area contributed by atoms with Gasteiger partial charge in [-0.15, -0.1) is 0 Å². The van der Waals surface area contributed by atoms with Gasteiger partial charge in [0.25, 0.3) is 0 Å². The number of H-pyrrole nitrogens is 2. The Labute approximate surface area is 254 Å². The zero-order valence-corrected chi connectivity index (χ0v) is 26.8. The maximum absolute atomic E-state index is 12.5. The Morgan fingerprint density at radius 2 is 1.09 bits per heavy atom. The molecule has 0 aliphatic carbocycles. The number of rotatable bonds is 12. The fraction of sp³-hybridized carbons (Fsp3) is 0.429. The van der Waals surface area contributed by atoms with Crippen LogP contribution in [0, 0.1) is 13.8 Å². The topological polar surface area (TPSA) is 109 Å². The van der Waals surface area contributed by atoms with E-state index in [4.69, 9.17) is 19.5 Å². The molecular weight excluding hydrogens is 540 g/mol. The molecule has 2 N–H and O–H groups in total. The smallest absolute Gasteiger partial charge is 0.310 e. The lowest BCUT2D eigenvalue weighted by Crippen LogP contribution is -2.09. The molecule has 4 rings (SSSR count). The van der Waals surface area contributed by atoms with Crippen molar-refractivity contribution >= 4 is 36.5 Å². The van der Waals surface area contributed by atoms with E-state index in [9.17, 15) is 9.59 Å². The molecule has 0 fully saturated rings. The van der Waals surface area contributed by atoms with Crippen molar-refractivity contribution < 1.29 is 19.1 Å². The molecule has 43 heavy (non-hydrogen) atoms. The molecule has 8 nitrogen and oxygen atoms in total. The Kier molecular flexibility index (Phi) is 10.2. The van der Waals surface area contributed by atoms with Crippen LogP contribution in [0.3, 0.4) is 0 Å².